The monoisotopic (exact) mass is 156 g/mol. The van der Waals surface area contributed by atoms with Crippen molar-refractivity contribution in [1.29, 1.82) is 0 Å². The molecule has 66 valence electrons. The fourth-order valence-electron chi connectivity index (χ4n) is 1.05. The van der Waals surface area contributed by atoms with Crippen molar-refractivity contribution in [3.05, 3.63) is 0 Å². The topological polar surface area (TPSA) is 24.4 Å². The average molecular weight is 156 g/mol. The van der Waals surface area contributed by atoms with Crippen LogP contribution in [-0.4, -0.2) is 12.8 Å². The molecule has 1 N–H and O–H groups in total. The third-order valence-corrected chi connectivity index (χ3v) is 1.69. The molecular weight excluding hydrogens is 136 g/mol. The van der Waals surface area contributed by atoms with Crippen molar-refractivity contribution in [2.45, 2.75) is 46.0 Å². The summed E-state index contributed by atoms with van der Waals surface area (Å²) in [6.45, 7) is 4.30. The Morgan fingerprint density at radius 1 is 1.27 bits per heavy atom. The van der Waals surface area contributed by atoms with Crippen LogP contribution < -0.4 is 5.43 Å². The highest BCUT2D eigenvalue weighted by atomic mass is 15.3. The van der Waals surface area contributed by atoms with E-state index < -0.39 is 0 Å². The van der Waals surface area contributed by atoms with E-state index in [2.05, 4.69) is 24.4 Å². The van der Waals surface area contributed by atoms with E-state index >= 15 is 0 Å². The quantitative estimate of drug-likeness (QED) is 0.357. The first-order chi connectivity index (χ1) is 5.31. The molecule has 0 aliphatic carbocycles. The van der Waals surface area contributed by atoms with Gasteiger partial charge in [0.1, 0.15) is 0 Å². The van der Waals surface area contributed by atoms with Gasteiger partial charge >= 0.3 is 0 Å². The maximum absolute atomic E-state index is 4.09. The minimum atomic E-state index is 1.14. The number of hydrogen-bond acceptors (Lipinski definition) is 2. The molecule has 0 bridgehead atoms. The van der Waals surface area contributed by atoms with E-state index in [4.69, 9.17) is 0 Å². The minimum Gasteiger partial charge on any atom is -0.313 e. The number of rotatable bonds is 6. The van der Waals surface area contributed by atoms with Gasteiger partial charge in [-0.2, -0.15) is 5.10 Å². The van der Waals surface area contributed by atoms with Crippen molar-refractivity contribution >= 4 is 5.71 Å². The van der Waals surface area contributed by atoms with Crippen LogP contribution in [0.4, 0.5) is 0 Å². The minimum absolute atomic E-state index is 1.14. The number of hydrazone groups is 1. The van der Waals surface area contributed by atoms with E-state index in [0.717, 1.165) is 6.42 Å². The summed E-state index contributed by atoms with van der Waals surface area (Å²) in [7, 11) is 1.84. The molecule has 0 amide bonds. The Kier molecular flexibility index (Phi) is 7.21. The number of nitrogens with zero attached hydrogens (tertiary/aromatic N) is 1. The number of unbranched alkanes of at least 4 members (excludes halogenated alkanes) is 3. The van der Waals surface area contributed by atoms with Crippen molar-refractivity contribution < 1.29 is 0 Å². The first-order valence-electron chi connectivity index (χ1n) is 4.51. The maximum Gasteiger partial charge on any atom is 0.0347 e. The summed E-state index contributed by atoms with van der Waals surface area (Å²) in [5.41, 5.74) is 4.01. The predicted molar refractivity (Wildman–Crippen MR) is 50.9 cm³/mol. The van der Waals surface area contributed by atoms with Crippen molar-refractivity contribution in [3.63, 3.8) is 0 Å². The second-order valence-electron chi connectivity index (χ2n) is 2.88. The molecule has 0 aliphatic heterocycles. The SMILES string of the molecule is CCCCCC/C(C)=N/NC. The number of hydrogen-bond donors (Lipinski definition) is 1. The summed E-state index contributed by atoms with van der Waals surface area (Å²) in [6.07, 6.45) is 6.42. The normalized spacial score (nSPS) is 11.7. The molecule has 0 aromatic heterocycles. The molecule has 0 aliphatic rings. The zero-order valence-corrected chi connectivity index (χ0v) is 7.98. The van der Waals surface area contributed by atoms with Crippen LogP contribution in [0.3, 0.4) is 0 Å². The van der Waals surface area contributed by atoms with E-state index in [1.54, 1.807) is 0 Å². The lowest BCUT2D eigenvalue weighted by Gasteiger charge is -1.99. The van der Waals surface area contributed by atoms with Crippen LogP contribution in [-0.2, 0) is 0 Å². The molecular formula is C9H20N2. The Balaban J connectivity index is 3.17. The highest BCUT2D eigenvalue weighted by Gasteiger charge is 1.90. The third kappa shape index (κ3) is 7.37. The molecule has 0 aromatic rings. The highest BCUT2D eigenvalue weighted by molar-refractivity contribution is 5.81. The van der Waals surface area contributed by atoms with Gasteiger partial charge in [0, 0.05) is 12.8 Å². The Labute approximate surface area is 70.1 Å². The van der Waals surface area contributed by atoms with Crippen molar-refractivity contribution in [2.24, 2.45) is 5.10 Å². The maximum atomic E-state index is 4.09. The molecule has 2 nitrogen and oxygen atoms in total. The summed E-state index contributed by atoms with van der Waals surface area (Å²) in [6, 6.07) is 0. The summed E-state index contributed by atoms with van der Waals surface area (Å²) in [5, 5.41) is 4.09. The third-order valence-electron chi connectivity index (χ3n) is 1.69. The van der Waals surface area contributed by atoms with Gasteiger partial charge in [0.05, 0.1) is 0 Å². The van der Waals surface area contributed by atoms with Crippen LogP contribution in [0.1, 0.15) is 46.0 Å². The lowest BCUT2D eigenvalue weighted by molar-refractivity contribution is 0.680. The van der Waals surface area contributed by atoms with Gasteiger partial charge in [0.2, 0.25) is 0 Å². The molecule has 2 heteroatoms. The Morgan fingerprint density at radius 2 is 2.00 bits per heavy atom. The van der Waals surface area contributed by atoms with Crippen molar-refractivity contribution in [3.8, 4) is 0 Å². The zero-order chi connectivity index (χ0) is 8.53. The molecule has 0 spiro atoms. The van der Waals surface area contributed by atoms with Gasteiger partial charge in [-0.05, 0) is 19.8 Å². The average Bonchev–Trinajstić information content (AvgIpc) is 1.99. The molecule has 0 fully saturated rings. The second-order valence-corrected chi connectivity index (χ2v) is 2.88. The smallest absolute Gasteiger partial charge is 0.0347 e. The van der Waals surface area contributed by atoms with E-state index in [9.17, 15) is 0 Å². The van der Waals surface area contributed by atoms with Crippen molar-refractivity contribution in [1.82, 2.24) is 5.43 Å². The predicted octanol–water partition coefficient (Wildman–Crippen LogP) is 2.55. The molecule has 11 heavy (non-hydrogen) atoms. The molecule has 0 saturated heterocycles. The highest BCUT2D eigenvalue weighted by Crippen LogP contribution is 2.02. The first-order valence-corrected chi connectivity index (χ1v) is 4.51. The van der Waals surface area contributed by atoms with Crippen molar-refractivity contribution in [2.75, 3.05) is 7.05 Å². The summed E-state index contributed by atoms with van der Waals surface area (Å²) >= 11 is 0. The van der Waals surface area contributed by atoms with Crippen LogP contribution in [0.15, 0.2) is 5.10 Å². The van der Waals surface area contributed by atoms with Gasteiger partial charge in [-0.1, -0.05) is 26.2 Å². The van der Waals surface area contributed by atoms with E-state index in [1.165, 1.54) is 31.4 Å². The fraction of sp³-hybridized carbons (Fsp3) is 0.889. The van der Waals surface area contributed by atoms with E-state index in [-0.39, 0.29) is 0 Å². The van der Waals surface area contributed by atoms with Crippen LogP contribution in [0.25, 0.3) is 0 Å². The van der Waals surface area contributed by atoms with E-state index in [0.29, 0.717) is 0 Å². The standard InChI is InChI=1S/C9H20N2/c1-4-5-6-7-8-9(2)11-10-3/h10H,4-8H2,1-3H3/b11-9+. The lowest BCUT2D eigenvalue weighted by atomic mass is 10.1. The Hall–Kier alpha value is -0.530. The van der Waals surface area contributed by atoms with Gasteiger partial charge in [-0.15, -0.1) is 0 Å². The Morgan fingerprint density at radius 3 is 2.55 bits per heavy atom. The summed E-state index contributed by atoms with van der Waals surface area (Å²) < 4.78 is 0. The summed E-state index contributed by atoms with van der Waals surface area (Å²) in [5.74, 6) is 0. The lowest BCUT2D eigenvalue weighted by Crippen LogP contribution is -2.01. The first kappa shape index (κ1) is 10.5. The number of nitrogens with one attached hydrogen (secondary N) is 1. The zero-order valence-electron chi connectivity index (χ0n) is 7.98. The van der Waals surface area contributed by atoms with Gasteiger partial charge in [-0.3, -0.25) is 0 Å². The molecule has 0 saturated carbocycles. The van der Waals surface area contributed by atoms with Gasteiger partial charge < -0.3 is 5.43 Å². The van der Waals surface area contributed by atoms with Crippen LogP contribution in [0.2, 0.25) is 0 Å². The van der Waals surface area contributed by atoms with Gasteiger partial charge in [-0.25, -0.2) is 0 Å². The molecule has 0 unspecified atom stereocenters. The fourth-order valence-corrected chi connectivity index (χ4v) is 1.05. The molecule has 0 atom stereocenters. The summed E-state index contributed by atoms with van der Waals surface area (Å²) in [4.78, 5) is 0. The largest absolute Gasteiger partial charge is 0.313 e. The van der Waals surface area contributed by atoms with Crippen LogP contribution in [0.5, 0.6) is 0 Å². The van der Waals surface area contributed by atoms with Crippen LogP contribution in [0, 0.1) is 0 Å². The molecule has 0 radical (unpaired) electrons. The van der Waals surface area contributed by atoms with Gasteiger partial charge in [0.25, 0.3) is 0 Å². The van der Waals surface area contributed by atoms with Gasteiger partial charge in [0.15, 0.2) is 0 Å². The van der Waals surface area contributed by atoms with Crippen LogP contribution >= 0.6 is 0 Å². The molecule has 0 aromatic carbocycles. The Bertz CT molecular complexity index is 108. The van der Waals surface area contributed by atoms with E-state index in [1.807, 2.05) is 7.05 Å². The molecule has 0 rings (SSSR count). The molecule has 0 heterocycles. The second kappa shape index (κ2) is 7.58.